The van der Waals surface area contributed by atoms with Crippen LogP contribution in [0.5, 0.6) is 0 Å². The van der Waals surface area contributed by atoms with E-state index in [4.69, 9.17) is 20.5 Å². The van der Waals surface area contributed by atoms with Crippen LogP contribution in [0, 0.1) is 27.7 Å². The number of benzene rings is 4. The van der Waals surface area contributed by atoms with Crippen LogP contribution in [-0.2, 0) is 0 Å². The van der Waals surface area contributed by atoms with Crippen molar-refractivity contribution >= 4 is 57.7 Å². The number of rotatable bonds is 5. The van der Waals surface area contributed by atoms with E-state index < -0.39 is 0 Å². The highest BCUT2D eigenvalue weighted by Crippen LogP contribution is 2.41. The van der Waals surface area contributed by atoms with Crippen LogP contribution < -0.4 is 5.43 Å². The highest BCUT2D eigenvalue weighted by molar-refractivity contribution is 6.30. The Morgan fingerprint density at radius 2 is 0.820 bits per heavy atom. The first-order chi connectivity index (χ1) is 29.6. The number of nitrogens with one attached hydrogen (secondary N) is 2. The molecule has 3 aliphatic heterocycles. The van der Waals surface area contributed by atoms with E-state index in [0.717, 1.165) is 94.8 Å². The molecule has 0 saturated heterocycles. The van der Waals surface area contributed by atoms with Gasteiger partial charge in [0.25, 0.3) is 0 Å². The molecule has 6 heterocycles. The summed E-state index contributed by atoms with van der Waals surface area (Å²) < 4.78 is 0. The van der Waals surface area contributed by atoms with Gasteiger partial charge in [0.15, 0.2) is 0 Å². The highest BCUT2D eigenvalue weighted by Gasteiger charge is 2.31. The van der Waals surface area contributed by atoms with E-state index in [-0.39, 0.29) is 6.03 Å². The van der Waals surface area contributed by atoms with E-state index in [0.29, 0.717) is 17.1 Å². The number of hydrazone groups is 1. The van der Waals surface area contributed by atoms with Crippen molar-refractivity contribution in [2.75, 3.05) is 14.1 Å². The van der Waals surface area contributed by atoms with Crippen molar-refractivity contribution in [3.63, 3.8) is 0 Å². The van der Waals surface area contributed by atoms with E-state index in [9.17, 15) is 4.79 Å². The van der Waals surface area contributed by atoms with Gasteiger partial charge in [0.2, 0.25) is 5.84 Å². The molecule has 10 rings (SSSR count). The van der Waals surface area contributed by atoms with Crippen LogP contribution in [0.25, 0.3) is 90.4 Å². The van der Waals surface area contributed by atoms with Gasteiger partial charge in [-0.1, -0.05) is 119 Å². The maximum absolute atomic E-state index is 13.0. The van der Waals surface area contributed by atoms with E-state index >= 15 is 0 Å². The van der Waals surface area contributed by atoms with Crippen LogP contribution in [0.1, 0.15) is 45.0 Å². The molecule has 7 aromatic rings. The third-order valence-electron chi connectivity index (χ3n) is 11.5. The number of carbonyl (C=O) groups is 1. The molecule has 1 radical (unpaired) electrons. The lowest BCUT2D eigenvalue weighted by Crippen LogP contribution is -2.48. The number of H-pyrrole nitrogens is 2. The van der Waals surface area contributed by atoms with Gasteiger partial charge in [0, 0.05) is 58.4 Å². The fourth-order valence-electron chi connectivity index (χ4n) is 8.25. The molecule has 297 valence electrons. The van der Waals surface area contributed by atoms with Gasteiger partial charge >= 0.3 is 6.03 Å². The molecule has 4 aromatic carbocycles. The third-order valence-corrected chi connectivity index (χ3v) is 11.5. The second-order valence-corrected chi connectivity index (χ2v) is 16.0. The molecule has 0 spiro atoms. The second kappa shape index (κ2) is 14.8. The van der Waals surface area contributed by atoms with Gasteiger partial charge in [-0.2, -0.15) is 0 Å². The maximum atomic E-state index is 13.0. The second-order valence-electron chi connectivity index (χ2n) is 16.0. The van der Waals surface area contributed by atoms with Gasteiger partial charge in [0.05, 0.1) is 28.3 Å². The Balaban J connectivity index is 1.42. The first kappa shape index (κ1) is 37.5. The Morgan fingerprint density at radius 3 is 1.23 bits per heavy atom. The number of amidine groups is 1. The van der Waals surface area contributed by atoms with Crippen molar-refractivity contribution < 1.29 is 4.79 Å². The number of aryl methyl sites for hydroxylation is 4. The first-order valence-corrected chi connectivity index (χ1v) is 20.4. The van der Waals surface area contributed by atoms with Crippen LogP contribution >= 0.6 is 0 Å². The summed E-state index contributed by atoms with van der Waals surface area (Å²) >= 11 is 0. The summed E-state index contributed by atoms with van der Waals surface area (Å²) in [5, 5.41) is 7.37. The summed E-state index contributed by atoms with van der Waals surface area (Å²) in [7, 11) is 3.29. The predicted molar refractivity (Wildman–Crippen MR) is 249 cm³/mol. The summed E-state index contributed by atoms with van der Waals surface area (Å²) in [5.41, 5.74) is 24.5. The predicted octanol–water partition coefficient (Wildman–Crippen LogP) is 11.8. The van der Waals surface area contributed by atoms with Gasteiger partial charge in [-0.25, -0.2) is 24.8 Å². The van der Waals surface area contributed by atoms with Crippen LogP contribution in [-0.4, -0.2) is 55.9 Å². The molecule has 2 N–H and O–H groups in total. The maximum Gasteiger partial charge on any atom is 0.360 e. The van der Waals surface area contributed by atoms with Crippen molar-refractivity contribution in [1.29, 1.82) is 0 Å². The molecule has 0 aliphatic carbocycles. The van der Waals surface area contributed by atoms with Gasteiger partial charge < -0.3 is 9.97 Å². The molecule has 0 unspecified atom stereocenters. The monoisotopic (exact) mass is 795 g/mol. The van der Waals surface area contributed by atoms with Crippen molar-refractivity contribution in [3.8, 4) is 44.5 Å². The molecule has 3 aromatic heterocycles. The lowest BCUT2D eigenvalue weighted by Gasteiger charge is -2.27. The Bertz CT molecular complexity index is 3170. The lowest BCUT2D eigenvalue weighted by molar-refractivity contribution is 0.156. The summed E-state index contributed by atoms with van der Waals surface area (Å²) in [5.74, 6) is 0.373. The topological polar surface area (TPSA) is 107 Å². The van der Waals surface area contributed by atoms with Crippen molar-refractivity contribution in [2.24, 2.45) is 5.10 Å². The normalized spacial score (nSPS) is 13.6. The largest absolute Gasteiger partial charge is 0.360 e. The summed E-state index contributed by atoms with van der Waals surface area (Å²) in [4.78, 5) is 31.7. The van der Waals surface area contributed by atoms with E-state index in [1.807, 2.05) is 0 Å². The average Bonchev–Trinajstić information content (AvgIpc) is 4.10. The number of urea groups is 1. The Labute approximate surface area is 354 Å². The summed E-state index contributed by atoms with van der Waals surface area (Å²) in [6.07, 6.45) is 6.30. The minimum atomic E-state index is -0.331. The van der Waals surface area contributed by atoms with Gasteiger partial charge in [-0.15, -0.1) is 10.5 Å². The van der Waals surface area contributed by atoms with Gasteiger partial charge in [-0.3, -0.25) is 0 Å². The smallest absolute Gasteiger partial charge is 0.354 e. The molecular weight excluding hydrogens is 753 g/mol. The van der Waals surface area contributed by atoms with E-state index in [1.165, 1.54) is 21.1 Å². The van der Waals surface area contributed by atoms with Gasteiger partial charge in [-0.05, 0) is 92.4 Å². The minimum absolute atomic E-state index is 0.331. The number of hydrogen-bond acceptors (Lipinski definition) is 4. The summed E-state index contributed by atoms with van der Waals surface area (Å²) in [6, 6.07) is 42.4. The van der Waals surface area contributed by atoms with Crippen LogP contribution in [0.3, 0.4) is 0 Å². The zero-order valence-electron chi connectivity index (χ0n) is 34.9. The molecule has 0 saturated carbocycles. The zero-order chi connectivity index (χ0) is 41.9. The molecule has 9 nitrogen and oxygen atoms in total. The molecule has 61 heavy (non-hydrogen) atoms. The molecular formula is C52H43N8O. The lowest BCUT2D eigenvalue weighted by atomic mass is 9.98. The zero-order valence-corrected chi connectivity index (χ0v) is 34.9. The number of hydrogen-bond donors (Lipinski definition) is 2. The molecule has 3 aliphatic rings. The first-order valence-electron chi connectivity index (χ1n) is 20.4. The molecule has 0 atom stereocenters. The average molecular weight is 796 g/mol. The van der Waals surface area contributed by atoms with Crippen molar-refractivity contribution in [1.82, 2.24) is 35.4 Å². The van der Waals surface area contributed by atoms with Crippen LogP contribution in [0.2, 0.25) is 0 Å². The van der Waals surface area contributed by atoms with Crippen molar-refractivity contribution in [2.45, 2.75) is 27.7 Å². The van der Waals surface area contributed by atoms with Gasteiger partial charge in [0.1, 0.15) is 0 Å². The third kappa shape index (κ3) is 6.79. The quantitative estimate of drug-likeness (QED) is 0.181. The van der Waals surface area contributed by atoms with Crippen LogP contribution in [0.15, 0.2) is 126 Å². The number of aromatic nitrogens is 4. The number of fused-ring (bicyclic) bond motifs is 8. The number of amides is 2. The van der Waals surface area contributed by atoms with Crippen molar-refractivity contribution in [3.05, 3.63) is 166 Å². The Hall–Kier alpha value is -7.78. The summed E-state index contributed by atoms with van der Waals surface area (Å²) in [6.45, 7) is 8.38. The SMILES string of the molecule is Cc1ccc(-c2c3nc(c(-c4ccc(C)cc4)c4ccc([nH]4)c(-c4ccc(C)cc4)c4nc(c(-c5ccc(C)cc5)c5ccc2[nH]5)C=C4C2=NN(C)C(=O)N(C)[N]2)C=C3)cc1. The Kier molecular flexibility index (Phi) is 9.09. The standard InChI is InChI=1S/C52H43N8O/c1-30-7-15-34(16-8-30)46-39-23-24-40(53-39)47(35-17-9-31(2)10-18-35)42-27-28-44(55-42)49(37-21-13-33(4)14-22-37)50-38(51-57-59(5)52(61)60(6)58-51)29-45(56-50)48(43-26-25-41(46)54-43)36-19-11-32(3)12-20-36/h7-29,54-55H,1-6H3. The molecule has 2 amide bonds. The van der Waals surface area contributed by atoms with E-state index in [1.54, 1.807) is 14.1 Å². The minimum Gasteiger partial charge on any atom is -0.354 e. The van der Waals surface area contributed by atoms with Crippen LogP contribution in [0.4, 0.5) is 4.79 Å². The fraction of sp³-hybridized carbons (Fsp3) is 0.115. The fourth-order valence-corrected chi connectivity index (χ4v) is 8.25. The number of nitrogens with zero attached hydrogens (tertiary/aromatic N) is 6. The highest BCUT2D eigenvalue weighted by atomic mass is 16.2. The Morgan fingerprint density at radius 1 is 0.443 bits per heavy atom. The molecule has 8 bridgehead atoms. The number of carbonyl (C=O) groups excluding carboxylic acids is 1. The number of aromatic amines is 2. The molecule has 0 fully saturated rings. The molecule has 9 heteroatoms. The van der Waals surface area contributed by atoms with E-state index in [2.05, 4.69) is 177 Å².